The number of anilines is 1. The van der Waals surface area contributed by atoms with Gasteiger partial charge in [-0.1, -0.05) is 0 Å². The molecule has 4 N–H and O–H groups in total. The van der Waals surface area contributed by atoms with E-state index in [0.717, 1.165) is 0 Å². The third-order valence-corrected chi connectivity index (χ3v) is 6.83. The van der Waals surface area contributed by atoms with Crippen LogP contribution in [0.15, 0.2) is 18.5 Å². The summed E-state index contributed by atoms with van der Waals surface area (Å²) in [7, 11) is 3.30. The van der Waals surface area contributed by atoms with Gasteiger partial charge in [-0.3, -0.25) is 9.69 Å². The molecule has 0 spiro atoms. The number of nitriles is 1. The Balaban J connectivity index is 1.39. The lowest BCUT2D eigenvalue weighted by Gasteiger charge is -2.30. The van der Waals surface area contributed by atoms with Crippen molar-refractivity contribution >= 4 is 23.5 Å². The smallest absolute Gasteiger partial charge is 0.461 e. The summed E-state index contributed by atoms with van der Waals surface area (Å²) in [6, 6.07) is 4.02. The van der Waals surface area contributed by atoms with E-state index in [1.807, 2.05) is 6.07 Å². The Morgan fingerprint density at radius 2 is 2.05 bits per heavy atom. The molecule has 2 saturated heterocycles. The number of esters is 1. The van der Waals surface area contributed by atoms with Crippen molar-refractivity contribution in [2.45, 2.75) is 61.9 Å². The minimum absolute atomic E-state index is 0.108. The summed E-state index contributed by atoms with van der Waals surface area (Å²) >= 11 is 0. The first kappa shape index (κ1) is 28.5. The molecule has 6 atom stereocenters. The number of likely N-dealkylation sites (N-methyl/N-ethyl adjacent to an activating group) is 1. The number of nitrogens with zero attached hydrogens (tertiary/aromatic N) is 5. The van der Waals surface area contributed by atoms with Gasteiger partial charge in [-0.15, -0.1) is 0 Å². The molecule has 0 radical (unpaired) electrons. The second kappa shape index (κ2) is 11.7. The maximum Gasteiger partial charge on any atom is 0.508 e. The van der Waals surface area contributed by atoms with Crippen molar-refractivity contribution in [1.29, 1.82) is 5.26 Å². The van der Waals surface area contributed by atoms with Crippen LogP contribution >= 0.6 is 0 Å². The summed E-state index contributed by atoms with van der Waals surface area (Å²) in [5, 5.41) is 35.5. The molecule has 2 fully saturated rings. The van der Waals surface area contributed by atoms with Crippen LogP contribution in [0.2, 0.25) is 0 Å². The van der Waals surface area contributed by atoms with Gasteiger partial charge in [-0.05, 0) is 33.2 Å². The zero-order valence-electron chi connectivity index (χ0n) is 21.8. The van der Waals surface area contributed by atoms with Gasteiger partial charge < -0.3 is 39.6 Å². The molecule has 0 saturated carbocycles. The van der Waals surface area contributed by atoms with E-state index < -0.39 is 54.8 Å². The van der Waals surface area contributed by atoms with E-state index in [9.17, 15) is 25.1 Å². The number of hydrogen-bond acceptors (Lipinski definition) is 14. The molecule has 0 aromatic carbocycles. The van der Waals surface area contributed by atoms with Crippen molar-refractivity contribution < 1.29 is 43.5 Å². The van der Waals surface area contributed by atoms with Gasteiger partial charge in [0.15, 0.2) is 5.82 Å². The van der Waals surface area contributed by atoms with Gasteiger partial charge in [0.1, 0.15) is 61.1 Å². The van der Waals surface area contributed by atoms with Crippen LogP contribution < -0.4 is 5.73 Å². The van der Waals surface area contributed by atoms with Crippen molar-refractivity contribution in [2.75, 3.05) is 39.6 Å². The Bertz CT molecular complexity index is 1230. The Morgan fingerprint density at radius 1 is 1.33 bits per heavy atom. The van der Waals surface area contributed by atoms with Crippen LogP contribution in [0.25, 0.3) is 5.52 Å². The fourth-order valence-electron chi connectivity index (χ4n) is 4.80. The number of aliphatic hydroxyl groups is 2. The Labute approximate surface area is 223 Å². The lowest BCUT2D eigenvalue weighted by atomic mass is 9.92. The van der Waals surface area contributed by atoms with Crippen molar-refractivity contribution in [3.8, 4) is 6.07 Å². The Morgan fingerprint density at radius 3 is 2.72 bits per heavy atom. The Kier molecular flexibility index (Phi) is 8.52. The van der Waals surface area contributed by atoms with Crippen LogP contribution in [-0.2, 0) is 34.1 Å². The third-order valence-electron chi connectivity index (χ3n) is 6.83. The van der Waals surface area contributed by atoms with Gasteiger partial charge in [-0.25, -0.2) is 14.3 Å². The number of nitrogens with two attached hydrogens (primary N) is 1. The summed E-state index contributed by atoms with van der Waals surface area (Å²) < 4.78 is 28.3. The summed E-state index contributed by atoms with van der Waals surface area (Å²) in [5.41, 5.74) is 4.29. The largest absolute Gasteiger partial charge is 0.508 e. The number of ether oxygens (including phenoxy) is 5. The topological polar surface area (TPSA) is 204 Å². The van der Waals surface area contributed by atoms with Gasteiger partial charge in [0.25, 0.3) is 0 Å². The molecular weight excluding hydrogens is 516 g/mol. The van der Waals surface area contributed by atoms with Crippen molar-refractivity contribution in [3.05, 3.63) is 24.2 Å². The van der Waals surface area contributed by atoms with Crippen LogP contribution in [-0.4, -0.2) is 112 Å². The van der Waals surface area contributed by atoms with Crippen LogP contribution in [0, 0.1) is 11.3 Å². The van der Waals surface area contributed by atoms with Crippen molar-refractivity contribution in [3.63, 3.8) is 0 Å². The third kappa shape index (κ3) is 5.60. The Hall–Kier alpha value is -3.55. The van der Waals surface area contributed by atoms with E-state index in [0.29, 0.717) is 31.6 Å². The zero-order chi connectivity index (χ0) is 28.3. The number of nitrogen functional groups attached to an aromatic ring is 1. The first-order valence-corrected chi connectivity index (χ1v) is 12.4. The molecule has 2 aromatic rings. The highest BCUT2D eigenvalue weighted by Gasteiger charge is 2.58. The molecule has 4 heterocycles. The van der Waals surface area contributed by atoms with Gasteiger partial charge >= 0.3 is 12.1 Å². The molecule has 2 aliphatic heterocycles. The summed E-state index contributed by atoms with van der Waals surface area (Å²) in [4.78, 5) is 30.7. The van der Waals surface area contributed by atoms with Gasteiger partial charge in [0.05, 0.1) is 18.9 Å². The molecule has 0 aliphatic carbocycles. The molecule has 0 bridgehead atoms. The highest BCUT2D eigenvalue weighted by atomic mass is 16.7. The molecule has 0 unspecified atom stereocenters. The summed E-state index contributed by atoms with van der Waals surface area (Å²) in [6.07, 6.45) is -4.60. The van der Waals surface area contributed by atoms with Gasteiger partial charge in [0, 0.05) is 12.8 Å². The second-order valence-electron chi connectivity index (χ2n) is 9.64. The summed E-state index contributed by atoms with van der Waals surface area (Å²) in [5.74, 6) is -0.408. The standard InChI is InChI=1S/C24H32N6O9/c1-13(18(29(2)3)22(33)38-14-6-8-35-9-7-14)37-23(34)36-10-16-19(31)20(32)24(11-25,39-16)17-5-4-15-21(26)27-12-28-30(15)17/h4-5,12-14,16,18-20,31-32H,6-10H2,1-3H3,(H2,26,27,28)/t13-,16-,18+,19-,20-,24+/m1/s1. The van der Waals surface area contributed by atoms with Crippen LogP contribution in [0.5, 0.6) is 0 Å². The van der Waals surface area contributed by atoms with E-state index >= 15 is 0 Å². The number of carbonyl (C=O) groups excluding carboxylic acids is 2. The predicted molar refractivity (Wildman–Crippen MR) is 131 cm³/mol. The number of rotatable bonds is 8. The number of aromatic nitrogens is 3. The zero-order valence-corrected chi connectivity index (χ0v) is 21.8. The van der Waals surface area contributed by atoms with Crippen LogP contribution in [0.1, 0.15) is 25.5 Å². The van der Waals surface area contributed by atoms with Gasteiger partial charge in [-0.2, -0.15) is 10.4 Å². The number of hydrogen-bond donors (Lipinski definition) is 3. The van der Waals surface area contributed by atoms with Gasteiger partial charge in [0.2, 0.25) is 5.60 Å². The fraction of sp³-hybridized carbons (Fsp3) is 0.625. The number of aliphatic hydroxyl groups excluding tert-OH is 2. The first-order valence-electron chi connectivity index (χ1n) is 12.4. The minimum atomic E-state index is -2.04. The van der Waals surface area contributed by atoms with E-state index in [1.54, 1.807) is 25.1 Å². The molecule has 39 heavy (non-hydrogen) atoms. The summed E-state index contributed by atoms with van der Waals surface area (Å²) in [6.45, 7) is 1.98. The lowest BCUT2D eigenvalue weighted by molar-refractivity contribution is -0.163. The van der Waals surface area contributed by atoms with E-state index in [2.05, 4.69) is 10.1 Å². The molecule has 2 aliphatic rings. The lowest BCUT2D eigenvalue weighted by Crippen LogP contribution is -2.48. The molecular formula is C24H32N6O9. The molecule has 15 nitrogen and oxygen atoms in total. The average Bonchev–Trinajstić information content (AvgIpc) is 3.44. The average molecular weight is 549 g/mol. The second-order valence-corrected chi connectivity index (χ2v) is 9.64. The minimum Gasteiger partial charge on any atom is -0.461 e. The van der Waals surface area contributed by atoms with E-state index in [4.69, 9.17) is 29.4 Å². The molecule has 15 heteroatoms. The molecule has 2 aromatic heterocycles. The highest BCUT2D eigenvalue weighted by molar-refractivity contribution is 5.77. The SMILES string of the molecule is C[C@@H](OC(=O)OC[C@H]1O[C@@](C#N)(c2ccc3c(N)ncnn23)[C@H](O)[C@@H]1O)[C@@H](C(=O)OC1CCOCC1)N(C)C. The number of carbonyl (C=O) groups is 2. The normalized spacial score (nSPS) is 27.2. The van der Waals surface area contributed by atoms with Crippen molar-refractivity contribution in [2.24, 2.45) is 0 Å². The van der Waals surface area contributed by atoms with E-state index in [1.165, 1.54) is 23.8 Å². The molecule has 0 amide bonds. The molecule has 212 valence electrons. The van der Waals surface area contributed by atoms with Crippen LogP contribution in [0.4, 0.5) is 10.6 Å². The maximum absolute atomic E-state index is 12.8. The van der Waals surface area contributed by atoms with Crippen LogP contribution in [0.3, 0.4) is 0 Å². The predicted octanol–water partition coefficient (Wildman–Crippen LogP) is -0.655. The first-order chi connectivity index (χ1) is 18.6. The molecule has 4 rings (SSSR count). The highest BCUT2D eigenvalue weighted by Crippen LogP contribution is 2.40. The van der Waals surface area contributed by atoms with Crippen molar-refractivity contribution in [1.82, 2.24) is 19.5 Å². The van der Waals surface area contributed by atoms with E-state index in [-0.39, 0.29) is 17.6 Å². The fourth-order valence-corrected chi connectivity index (χ4v) is 4.80. The quantitative estimate of drug-likeness (QED) is 0.351. The maximum atomic E-state index is 12.8. The number of fused-ring (bicyclic) bond motifs is 1. The monoisotopic (exact) mass is 548 g/mol.